The first-order valence-corrected chi connectivity index (χ1v) is 11.0. The highest BCUT2D eigenvalue weighted by Gasteiger charge is 2.47. The summed E-state index contributed by atoms with van der Waals surface area (Å²) in [5, 5.41) is 0. The quantitative estimate of drug-likeness (QED) is 0.660. The Labute approximate surface area is 183 Å². The van der Waals surface area contributed by atoms with Gasteiger partial charge in [0.2, 0.25) is 0 Å². The van der Waals surface area contributed by atoms with Gasteiger partial charge in [-0.1, -0.05) is 32.0 Å². The van der Waals surface area contributed by atoms with E-state index in [1.54, 1.807) is 7.11 Å². The van der Waals surface area contributed by atoms with Crippen molar-refractivity contribution in [1.82, 2.24) is 0 Å². The van der Waals surface area contributed by atoms with Gasteiger partial charge in [-0.3, -0.25) is 14.6 Å². The molecule has 1 aliphatic carbocycles. The van der Waals surface area contributed by atoms with Crippen LogP contribution in [0.15, 0.2) is 40.5 Å². The summed E-state index contributed by atoms with van der Waals surface area (Å²) in [6.45, 7) is 6.96. The molecule has 4 rings (SSSR count). The number of carbonyl (C=O) groups is 2. The van der Waals surface area contributed by atoms with Gasteiger partial charge in [-0.2, -0.15) is 0 Å². The Morgan fingerprint density at radius 1 is 1.26 bits per heavy atom. The molecule has 0 radical (unpaired) electrons. The molecule has 31 heavy (non-hydrogen) atoms. The van der Waals surface area contributed by atoms with Crippen LogP contribution in [0.4, 0.5) is 0 Å². The fraction of sp³-hybridized carbons (Fsp3) is 0.560. The van der Waals surface area contributed by atoms with E-state index in [-0.39, 0.29) is 29.9 Å². The average molecular weight is 426 g/mol. The van der Waals surface area contributed by atoms with Gasteiger partial charge in [0, 0.05) is 41.5 Å². The highest BCUT2D eigenvalue weighted by atomic mass is 16.6. The standard InChI is InChI=1S/C25H31NO5/c1-15-21(24(28)31-14-16-8-7-11-30-16)22(17-9-5-6-10-20(17)29-4)23-18(26-15)12-25(2,3)13-19(23)27/h5-6,9-10,16,21-22H,7-8,11-14H2,1-4H3/t16-,21?,22-/m1/s1. The number of carbonyl (C=O) groups excluding carboxylic acids is 2. The van der Waals surface area contributed by atoms with E-state index in [1.807, 2.05) is 31.2 Å². The van der Waals surface area contributed by atoms with Gasteiger partial charge >= 0.3 is 5.97 Å². The Hall–Kier alpha value is -2.47. The third kappa shape index (κ3) is 4.31. The summed E-state index contributed by atoms with van der Waals surface area (Å²) in [6, 6.07) is 7.59. The normalized spacial score (nSPS) is 27.5. The van der Waals surface area contributed by atoms with Gasteiger partial charge < -0.3 is 14.2 Å². The molecular formula is C25H31NO5. The van der Waals surface area contributed by atoms with Crippen molar-refractivity contribution in [3.05, 3.63) is 41.1 Å². The second-order valence-corrected chi connectivity index (χ2v) is 9.52. The summed E-state index contributed by atoms with van der Waals surface area (Å²) >= 11 is 0. The fourth-order valence-electron chi connectivity index (χ4n) is 5.05. The Morgan fingerprint density at radius 3 is 2.74 bits per heavy atom. The minimum absolute atomic E-state index is 0.0512. The van der Waals surface area contributed by atoms with Gasteiger partial charge in [0.1, 0.15) is 18.3 Å². The van der Waals surface area contributed by atoms with E-state index in [0.717, 1.165) is 24.1 Å². The van der Waals surface area contributed by atoms with Crippen molar-refractivity contribution in [3.8, 4) is 5.75 Å². The molecule has 2 heterocycles. The van der Waals surface area contributed by atoms with Gasteiger partial charge in [-0.15, -0.1) is 0 Å². The Bertz CT molecular complexity index is 939. The summed E-state index contributed by atoms with van der Waals surface area (Å²) in [5.41, 5.74) is 2.76. The smallest absolute Gasteiger partial charge is 0.315 e. The zero-order valence-corrected chi connectivity index (χ0v) is 18.8. The molecule has 0 saturated carbocycles. The molecule has 1 saturated heterocycles. The number of ether oxygens (including phenoxy) is 3. The largest absolute Gasteiger partial charge is 0.496 e. The number of para-hydroxylation sites is 1. The lowest BCUT2D eigenvalue weighted by Gasteiger charge is -2.39. The lowest BCUT2D eigenvalue weighted by Crippen LogP contribution is -2.40. The molecule has 166 valence electrons. The van der Waals surface area contributed by atoms with Crippen LogP contribution in [0, 0.1) is 11.3 Å². The number of nitrogens with zero attached hydrogens (tertiary/aromatic N) is 1. The minimum atomic E-state index is -0.665. The molecule has 1 aromatic carbocycles. The van der Waals surface area contributed by atoms with Crippen molar-refractivity contribution in [2.45, 2.75) is 58.5 Å². The van der Waals surface area contributed by atoms with Gasteiger partial charge in [0.25, 0.3) is 0 Å². The zero-order chi connectivity index (χ0) is 22.2. The van der Waals surface area contributed by atoms with Gasteiger partial charge in [0.15, 0.2) is 5.78 Å². The molecule has 1 fully saturated rings. The van der Waals surface area contributed by atoms with Crippen LogP contribution in [0.5, 0.6) is 5.75 Å². The molecule has 0 spiro atoms. The number of ketones is 1. The molecule has 6 nitrogen and oxygen atoms in total. The van der Waals surface area contributed by atoms with E-state index in [1.165, 1.54) is 0 Å². The van der Waals surface area contributed by atoms with Crippen molar-refractivity contribution < 1.29 is 23.8 Å². The number of benzene rings is 1. The molecule has 0 bridgehead atoms. The summed E-state index contributed by atoms with van der Waals surface area (Å²) < 4.78 is 16.9. The van der Waals surface area contributed by atoms with E-state index in [2.05, 4.69) is 13.8 Å². The summed E-state index contributed by atoms with van der Waals surface area (Å²) in [6.07, 6.45) is 2.96. The Morgan fingerprint density at radius 2 is 2.03 bits per heavy atom. The lowest BCUT2D eigenvalue weighted by molar-refractivity contribution is -0.149. The van der Waals surface area contributed by atoms with E-state index < -0.39 is 11.8 Å². The minimum Gasteiger partial charge on any atom is -0.496 e. The molecule has 1 unspecified atom stereocenters. The average Bonchev–Trinajstić information content (AvgIpc) is 3.23. The van der Waals surface area contributed by atoms with Crippen LogP contribution in [0.25, 0.3) is 0 Å². The van der Waals surface area contributed by atoms with Crippen LogP contribution in [0.3, 0.4) is 0 Å². The van der Waals surface area contributed by atoms with Crippen LogP contribution < -0.4 is 4.74 Å². The van der Waals surface area contributed by atoms with Gasteiger partial charge in [-0.05, 0) is 37.7 Å². The topological polar surface area (TPSA) is 74.2 Å². The molecule has 1 aromatic rings. The number of rotatable bonds is 5. The predicted molar refractivity (Wildman–Crippen MR) is 117 cm³/mol. The SMILES string of the molecule is COc1ccccc1[C@H]1C2=C(CC(C)(C)CC2=O)N=C(C)C1C(=O)OC[C@H]1CCCO1. The maximum absolute atomic E-state index is 13.3. The van der Waals surface area contributed by atoms with E-state index in [4.69, 9.17) is 19.2 Å². The monoisotopic (exact) mass is 425 g/mol. The number of allylic oxidation sites excluding steroid dienone is 2. The highest BCUT2D eigenvalue weighted by molar-refractivity contribution is 6.09. The highest BCUT2D eigenvalue weighted by Crippen LogP contribution is 2.49. The van der Waals surface area contributed by atoms with Crippen LogP contribution >= 0.6 is 0 Å². The molecule has 0 aromatic heterocycles. The number of methoxy groups -OCH3 is 1. The second kappa shape index (κ2) is 8.58. The molecule has 6 heteroatoms. The van der Waals surface area contributed by atoms with E-state index >= 15 is 0 Å². The first kappa shape index (κ1) is 21.8. The Kier molecular flexibility index (Phi) is 6.02. The Balaban J connectivity index is 1.75. The molecule has 3 atom stereocenters. The van der Waals surface area contributed by atoms with Crippen LogP contribution in [0.2, 0.25) is 0 Å². The van der Waals surface area contributed by atoms with Crippen molar-refractivity contribution in [3.63, 3.8) is 0 Å². The predicted octanol–water partition coefficient (Wildman–Crippen LogP) is 4.23. The van der Waals surface area contributed by atoms with Crippen LogP contribution in [-0.4, -0.2) is 43.9 Å². The van der Waals surface area contributed by atoms with E-state index in [0.29, 0.717) is 36.5 Å². The lowest BCUT2D eigenvalue weighted by atomic mass is 9.66. The third-order valence-electron chi connectivity index (χ3n) is 6.47. The summed E-state index contributed by atoms with van der Waals surface area (Å²) in [4.78, 5) is 31.4. The summed E-state index contributed by atoms with van der Waals surface area (Å²) in [7, 11) is 1.61. The fourth-order valence-corrected chi connectivity index (χ4v) is 5.05. The van der Waals surface area contributed by atoms with Gasteiger partial charge in [-0.25, -0.2) is 0 Å². The maximum atomic E-state index is 13.3. The first-order valence-electron chi connectivity index (χ1n) is 11.0. The summed E-state index contributed by atoms with van der Waals surface area (Å²) in [5.74, 6) is -0.790. The first-order chi connectivity index (χ1) is 14.8. The molecule has 0 amide bonds. The zero-order valence-electron chi connectivity index (χ0n) is 18.8. The number of esters is 1. The van der Waals surface area contributed by atoms with Crippen molar-refractivity contribution in [2.24, 2.45) is 16.3 Å². The van der Waals surface area contributed by atoms with Crippen molar-refractivity contribution in [2.75, 3.05) is 20.3 Å². The number of hydrogen-bond acceptors (Lipinski definition) is 6. The van der Waals surface area contributed by atoms with E-state index in [9.17, 15) is 9.59 Å². The third-order valence-corrected chi connectivity index (χ3v) is 6.47. The second-order valence-electron chi connectivity index (χ2n) is 9.52. The van der Waals surface area contributed by atoms with Crippen LogP contribution in [0.1, 0.15) is 57.9 Å². The van der Waals surface area contributed by atoms with Gasteiger partial charge in [0.05, 0.1) is 13.2 Å². The van der Waals surface area contributed by atoms with Crippen molar-refractivity contribution >= 4 is 17.5 Å². The molecule has 0 N–H and O–H groups in total. The van der Waals surface area contributed by atoms with Crippen LogP contribution in [-0.2, 0) is 19.1 Å². The molecule has 2 aliphatic heterocycles. The molecular weight excluding hydrogens is 394 g/mol. The molecule has 3 aliphatic rings. The number of hydrogen-bond donors (Lipinski definition) is 0. The maximum Gasteiger partial charge on any atom is 0.315 e. The number of Topliss-reactive ketones (excluding diaryl/α,β-unsaturated/α-hetero) is 1. The van der Waals surface area contributed by atoms with Crippen molar-refractivity contribution in [1.29, 1.82) is 0 Å². The number of aliphatic imine (C=N–C) groups is 1.